The van der Waals surface area contributed by atoms with Crippen molar-refractivity contribution in [1.82, 2.24) is 19.7 Å². The molecule has 0 radical (unpaired) electrons. The van der Waals surface area contributed by atoms with E-state index in [1.807, 2.05) is 24.3 Å². The molecule has 2 aliphatic heterocycles. The highest BCUT2D eigenvalue weighted by Crippen LogP contribution is 2.33. The summed E-state index contributed by atoms with van der Waals surface area (Å²) in [6.07, 6.45) is 1.54. The number of hydrogen-bond donors (Lipinski definition) is 0. The average molecular weight is 463 g/mol. The molecule has 0 N–H and O–H groups in total. The van der Waals surface area contributed by atoms with E-state index in [4.69, 9.17) is 4.98 Å². The number of benzene rings is 2. The molecular weight excluding hydrogens is 440 g/mol. The first-order chi connectivity index (χ1) is 16.0. The van der Waals surface area contributed by atoms with Gasteiger partial charge >= 0.3 is 17.8 Å². The number of carbonyl (C=O) groups excluding carboxylic acids is 4. The number of rotatable bonds is 5. The molecule has 0 atom stereocenters. The molecule has 2 fully saturated rings. The highest BCUT2D eigenvalue weighted by molar-refractivity contribution is 7.18. The highest BCUT2D eigenvalue weighted by atomic mass is 32.1. The Bertz CT molecular complexity index is 1200. The van der Waals surface area contributed by atoms with Gasteiger partial charge in [0.15, 0.2) is 0 Å². The lowest BCUT2D eigenvalue weighted by molar-refractivity contribution is -0.145. The first kappa shape index (κ1) is 21.3. The Morgan fingerprint density at radius 3 is 2.30 bits per heavy atom. The van der Waals surface area contributed by atoms with Crippen LogP contribution in [0, 0.1) is 0 Å². The number of imide groups is 2. The molecule has 5 rings (SSSR count). The van der Waals surface area contributed by atoms with Gasteiger partial charge in [-0.05, 0) is 30.5 Å². The van der Waals surface area contributed by atoms with Crippen LogP contribution >= 0.6 is 11.3 Å². The zero-order valence-electron chi connectivity index (χ0n) is 17.8. The number of para-hydroxylation sites is 1. The first-order valence-electron chi connectivity index (χ1n) is 10.9. The predicted molar refractivity (Wildman–Crippen MR) is 122 cm³/mol. The minimum absolute atomic E-state index is 0.00248. The smallest absolute Gasteiger partial charge is 0.335 e. The van der Waals surface area contributed by atoms with Gasteiger partial charge in [0.1, 0.15) is 6.54 Å². The Labute approximate surface area is 194 Å². The lowest BCUT2D eigenvalue weighted by Gasteiger charge is -2.31. The monoisotopic (exact) mass is 462 g/mol. The number of amides is 5. The zero-order chi connectivity index (χ0) is 22.9. The number of piperidine rings is 1. The summed E-state index contributed by atoms with van der Waals surface area (Å²) in [6.45, 7) is 0.637. The molecule has 33 heavy (non-hydrogen) atoms. The van der Waals surface area contributed by atoms with Gasteiger partial charge in [-0.1, -0.05) is 42.5 Å². The van der Waals surface area contributed by atoms with E-state index in [-0.39, 0.29) is 18.4 Å². The van der Waals surface area contributed by atoms with Gasteiger partial charge in [-0.15, -0.1) is 11.3 Å². The van der Waals surface area contributed by atoms with Gasteiger partial charge in [-0.2, -0.15) is 0 Å². The van der Waals surface area contributed by atoms with Gasteiger partial charge in [0.05, 0.1) is 21.8 Å². The van der Waals surface area contributed by atoms with Gasteiger partial charge in [0, 0.05) is 19.0 Å². The summed E-state index contributed by atoms with van der Waals surface area (Å²) >= 11 is 1.69. The van der Waals surface area contributed by atoms with Crippen molar-refractivity contribution in [2.75, 3.05) is 19.6 Å². The van der Waals surface area contributed by atoms with Crippen LogP contribution in [0.4, 0.5) is 4.79 Å². The number of carbonyl (C=O) groups is 4. The number of likely N-dealkylation sites (tertiary alicyclic amines) is 1. The Hall–Kier alpha value is -3.59. The van der Waals surface area contributed by atoms with Gasteiger partial charge in [0.2, 0.25) is 5.91 Å². The second-order valence-corrected chi connectivity index (χ2v) is 9.29. The van der Waals surface area contributed by atoms with Gasteiger partial charge in [0.25, 0.3) is 0 Å². The van der Waals surface area contributed by atoms with E-state index < -0.39 is 24.4 Å². The third-order valence-electron chi connectivity index (χ3n) is 6.12. The molecule has 5 amide bonds. The number of nitrogens with zero attached hydrogens (tertiary/aromatic N) is 4. The van der Waals surface area contributed by atoms with Gasteiger partial charge in [-0.3, -0.25) is 19.3 Å². The van der Waals surface area contributed by atoms with Crippen molar-refractivity contribution < 1.29 is 19.2 Å². The van der Waals surface area contributed by atoms with Crippen molar-refractivity contribution >= 4 is 45.3 Å². The van der Waals surface area contributed by atoms with E-state index in [1.54, 1.807) is 40.5 Å². The molecule has 8 nitrogen and oxygen atoms in total. The van der Waals surface area contributed by atoms with Crippen LogP contribution in [0.2, 0.25) is 0 Å². The van der Waals surface area contributed by atoms with Crippen molar-refractivity contribution in [3.05, 3.63) is 65.2 Å². The fourth-order valence-corrected chi connectivity index (χ4v) is 5.41. The maximum absolute atomic E-state index is 12.8. The van der Waals surface area contributed by atoms with Crippen LogP contribution in [-0.2, 0) is 20.9 Å². The van der Waals surface area contributed by atoms with Gasteiger partial charge in [-0.25, -0.2) is 14.7 Å². The lowest BCUT2D eigenvalue weighted by Crippen LogP contribution is -2.46. The third kappa shape index (κ3) is 4.11. The number of urea groups is 1. The number of thiazole rings is 1. The molecule has 3 aromatic rings. The second-order valence-electron chi connectivity index (χ2n) is 8.23. The Morgan fingerprint density at radius 2 is 1.58 bits per heavy atom. The van der Waals surface area contributed by atoms with E-state index in [0.717, 1.165) is 43.4 Å². The number of hydrogen-bond acceptors (Lipinski definition) is 6. The second kappa shape index (κ2) is 8.74. The largest absolute Gasteiger partial charge is 0.341 e. The molecule has 3 heterocycles. The van der Waals surface area contributed by atoms with Crippen LogP contribution < -0.4 is 0 Å². The molecule has 0 saturated carbocycles. The fourth-order valence-electron chi connectivity index (χ4n) is 4.27. The Kier molecular flexibility index (Phi) is 5.63. The van der Waals surface area contributed by atoms with E-state index in [9.17, 15) is 19.2 Å². The van der Waals surface area contributed by atoms with Gasteiger partial charge < -0.3 is 4.90 Å². The fraction of sp³-hybridized carbons (Fsp3) is 0.292. The minimum Gasteiger partial charge on any atom is -0.341 e. The summed E-state index contributed by atoms with van der Waals surface area (Å²) in [7, 11) is 0. The minimum atomic E-state index is -0.950. The predicted octanol–water partition coefficient (Wildman–Crippen LogP) is 2.99. The van der Waals surface area contributed by atoms with E-state index in [0.29, 0.717) is 13.1 Å². The average Bonchev–Trinajstić information content (AvgIpc) is 3.36. The molecule has 0 bridgehead atoms. The SMILES string of the molecule is O=C(CN1C(=O)C(=O)N(Cc2ccccc2)C1=O)N1CCC(c2nc3ccccc3s2)CC1. The maximum atomic E-state index is 12.8. The standard InChI is InChI=1S/C24H22N4O4S/c29-20(15-28-23(31)22(30)27(24(28)32)14-16-6-2-1-3-7-16)26-12-10-17(11-13-26)21-25-18-8-4-5-9-19(18)33-21/h1-9,17H,10-15H2. The van der Waals surface area contributed by atoms with Crippen molar-refractivity contribution in [1.29, 1.82) is 0 Å². The van der Waals surface area contributed by atoms with Crippen molar-refractivity contribution in [2.24, 2.45) is 0 Å². The number of fused-ring (bicyclic) bond motifs is 1. The van der Waals surface area contributed by atoms with Crippen molar-refractivity contribution in [3.63, 3.8) is 0 Å². The van der Waals surface area contributed by atoms with Crippen LogP contribution in [0.3, 0.4) is 0 Å². The molecule has 0 aliphatic carbocycles. The molecule has 2 aliphatic rings. The molecule has 168 valence electrons. The van der Waals surface area contributed by atoms with Crippen LogP contribution in [0.15, 0.2) is 54.6 Å². The van der Waals surface area contributed by atoms with Crippen LogP contribution in [0.1, 0.15) is 29.3 Å². The van der Waals surface area contributed by atoms with E-state index in [2.05, 4.69) is 6.07 Å². The third-order valence-corrected chi connectivity index (χ3v) is 7.32. The summed E-state index contributed by atoms with van der Waals surface area (Å²) < 4.78 is 1.15. The van der Waals surface area contributed by atoms with E-state index >= 15 is 0 Å². The topological polar surface area (TPSA) is 90.9 Å². The quantitative estimate of drug-likeness (QED) is 0.430. The lowest BCUT2D eigenvalue weighted by atomic mass is 9.97. The zero-order valence-corrected chi connectivity index (χ0v) is 18.7. The van der Waals surface area contributed by atoms with Crippen molar-refractivity contribution in [2.45, 2.75) is 25.3 Å². The summed E-state index contributed by atoms with van der Waals surface area (Å²) in [5.74, 6) is -1.89. The number of aromatic nitrogens is 1. The molecule has 2 aromatic carbocycles. The first-order valence-corrected chi connectivity index (χ1v) is 11.7. The summed E-state index contributed by atoms with van der Waals surface area (Å²) in [6, 6.07) is 16.2. The molecule has 0 unspecified atom stereocenters. The Morgan fingerprint density at radius 1 is 0.909 bits per heavy atom. The van der Waals surface area contributed by atoms with Crippen LogP contribution in [-0.4, -0.2) is 63.1 Å². The summed E-state index contributed by atoms with van der Waals surface area (Å²) in [5, 5.41) is 1.08. The van der Waals surface area contributed by atoms with Crippen LogP contribution in [0.25, 0.3) is 10.2 Å². The summed E-state index contributed by atoms with van der Waals surface area (Å²) in [4.78, 5) is 58.3. The molecular formula is C24H22N4O4S. The summed E-state index contributed by atoms with van der Waals surface area (Å²) in [5.41, 5.74) is 1.73. The molecule has 1 aromatic heterocycles. The highest BCUT2D eigenvalue weighted by Gasteiger charge is 2.45. The van der Waals surface area contributed by atoms with Crippen molar-refractivity contribution in [3.8, 4) is 0 Å². The molecule has 2 saturated heterocycles. The molecule has 0 spiro atoms. The maximum Gasteiger partial charge on any atom is 0.335 e. The van der Waals surface area contributed by atoms with Crippen LogP contribution in [0.5, 0.6) is 0 Å². The van der Waals surface area contributed by atoms with E-state index in [1.165, 1.54) is 0 Å². The Balaban J connectivity index is 1.19. The normalized spacial score (nSPS) is 17.5. The molecule has 9 heteroatoms.